The second kappa shape index (κ2) is 10.8. The van der Waals surface area contributed by atoms with Crippen LogP contribution >= 0.6 is 23.4 Å². The molecule has 0 aliphatic carbocycles. The minimum atomic E-state index is -0.228. The largest absolute Gasteiger partial charge is 0.411 e. The standard InChI is InChI=1S/C25H18ClN3O3S/c26-20-11-7-19(8-12-20)24-28-29-25(32-24)33-16-23(31)27-21-13-9-18(10-14-21)22(30)15-6-17-4-2-1-3-5-17/h1-15H,16H2,(H,27,31)/b15-6+. The summed E-state index contributed by atoms with van der Waals surface area (Å²) in [7, 11) is 0. The zero-order chi connectivity index (χ0) is 23.0. The van der Waals surface area contributed by atoms with Crippen LogP contribution in [0.1, 0.15) is 15.9 Å². The summed E-state index contributed by atoms with van der Waals surface area (Å²) in [5, 5.41) is 11.6. The Morgan fingerprint density at radius 2 is 1.67 bits per heavy atom. The van der Waals surface area contributed by atoms with Crippen LogP contribution in [0.25, 0.3) is 17.5 Å². The van der Waals surface area contributed by atoms with Gasteiger partial charge in [-0.05, 0) is 60.2 Å². The molecule has 0 aliphatic rings. The highest BCUT2D eigenvalue weighted by atomic mass is 35.5. The Kier molecular flexibility index (Phi) is 7.34. The molecule has 1 aromatic heterocycles. The van der Waals surface area contributed by atoms with Gasteiger partial charge < -0.3 is 9.73 Å². The van der Waals surface area contributed by atoms with Gasteiger partial charge in [-0.15, -0.1) is 10.2 Å². The number of allylic oxidation sites excluding steroid dienone is 1. The van der Waals surface area contributed by atoms with Crippen LogP contribution in [0.5, 0.6) is 0 Å². The van der Waals surface area contributed by atoms with Crippen molar-refractivity contribution in [3.63, 3.8) is 0 Å². The molecule has 1 N–H and O–H groups in total. The van der Waals surface area contributed by atoms with Crippen molar-refractivity contribution in [2.24, 2.45) is 0 Å². The third-order valence-electron chi connectivity index (χ3n) is 4.50. The van der Waals surface area contributed by atoms with E-state index >= 15 is 0 Å². The number of carbonyl (C=O) groups is 2. The van der Waals surface area contributed by atoms with Gasteiger partial charge in [0.2, 0.25) is 11.8 Å². The number of amides is 1. The molecule has 164 valence electrons. The molecule has 0 spiro atoms. The number of aromatic nitrogens is 2. The third kappa shape index (κ3) is 6.41. The molecule has 0 saturated carbocycles. The van der Waals surface area contributed by atoms with Crippen LogP contribution in [0, 0.1) is 0 Å². The predicted molar refractivity (Wildman–Crippen MR) is 130 cm³/mol. The summed E-state index contributed by atoms with van der Waals surface area (Å²) in [5.41, 5.74) is 2.83. The van der Waals surface area contributed by atoms with E-state index in [-0.39, 0.29) is 17.4 Å². The molecule has 4 rings (SSSR count). The van der Waals surface area contributed by atoms with Gasteiger partial charge in [-0.2, -0.15) is 0 Å². The van der Waals surface area contributed by atoms with Crippen molar-refractivity contribution in [1.29, 1.82) is 0 Å². The van der Waals surface area contributed by atoms with Crippen LogP contribution in [0.3, 0.4) is 0 Å². The molecule has 3 aromatic carbocycles. The molecule has 0 unspecified atom stereocenters. The summed E-state index contributed by atoms with van der Waals surface area (Å²) in [4.78, 5) is 24.6. The highest BCUT2D eigenvalue weighted by molar-refractivity contribution is 7.99. The van der Waals surface area contributed by atoms with Crippen molar-refractivity contribution in [3.05, 3.63) is 101 Å². The van der Waals surface area contributed by atoms with Gasteiger partial charge in [-0.25, -0.2) is 0 Å². The fraction of sp³-hybridized carbons (Fsp3) is 0.0400. The average Bonchev–Trinajstić information content (AvgIpc) is 3.32. The van der Waals surface area contributed by atoms with E-state index in [0.29, 0.717) is 27.4 Å². The number of carbonyl (C=O) groups excluding carboxylic acids is 2. The fourth-order valence-electron chi connectivity index (χ4n) is 2.85. The SMILES string of the molecule is O=C(CSc1nnc(-c2ccc(Cl)cc2)o1)Nc1ccc(C(=O)/C=C/c2ccccc2)cc1. The molecule has 6 nitrogen and oxygen atoms in total. The minimum absolute atomic E-state index is 0.0999. The Labute approximate surface area is 199 Å². The lowest BCUT2D eigenvalue weighted by molar-refractivity contribution is -0.113. The molecule has 1 heterocycles. The molecule has 0 atom stereocenters. The summed E-state index contributed by atoms with van der Waals surface area (Å²) >= 11 is 7.02. The molecule has 0 radical (unpaired) electrons. The lowest BCUT2D eigenvalue weighted by Crippen LogP contribution is -2.14. The van der Waals surface area contributed by atoms with Gasteiger partial charge in [0.25, 0.3) is 5.22 Å². The van der Waals surface area contributed by atoms with Crippen molar-refractivity contribution in [2.75, 3.05) is 11.1 Å². The molecule has 0 bridgehead atoms. The van der Waals surface area contributed by atoms with E-state index in [2.05, 4.69) is 15.5 Å². The first kappa shape index (κ1) is 22.5. The Morgan fingerprint density at radius 3 is 2.39 bits per heavy atom. The van der Waals surface area contributed by atoms with E-state index in [0.717, 1.165) is 22.9 Å². The number of nitrogens with one attached hydrogen (secondary N) is 1. The van der Waals surface area contributed by atoms with Crippen molar-refractivity contribution in [3.8, 4) is 11.5 Å². The van der Waals surface area contributed by atoms with Crippen molar-refractivity contribution < 1.29 is 14.0 Å². The Bertz CT molecular complexity index is 1270. The Hall–Kier alpha value is -3.68. The fourth-order valence-corrected chi connectivity index (χ4v) is 3.54. The van der Waals surface area contributed by atoms with Gasteiger partial charge in [0.15, 0.2) is 5.78 Å². The van der Waals surface area contributed by atoms with Crippen LogP contribution in [0.2, 0.25) is 5.02 Å². The van der Waals surface area contributed by atoms with Crippen LogP contribution < -0.4 is 5.32 Å². The molecular formula is C25H18ClN3O3S. The van der Waals surface area contributed by atoms with Crippen LogP contribution in [0.15, 0.2) is 94.6 Å². The number of hydrogen-bond acceptors (Lipinski definition) is 6. The van der Waals surface area contributed by atoms with Gasteiger partial charge in [0.1, 0.15) is 0 Å². The summed E-state index contributed by atoms with van der Waals surface area (Å²) in [6, 6.07) is 23.4. The summed E-state index contributed by atoms with van der Waals surface area (Å²) in [6.07, 6.45) is 3.30. The lowest BCUT2D eigenvalue weighted by atomic mass is 10.1. The highest BCUT2D eigenvalue weighted by Crippen LogP contribution is 2.24. The maximum absolute atomic E-state index is 12.3. The maximum Gasteiger partial charge on any atom is 0.277 e. The van der Waals surface area contributed by atoms with E-state index in [1.807, 2.05) is 30.3 Å². The quantitative estimate of drug-likeness (QED) is 0.190. The average molecular weight is 476 g/mol. The maximum atomic E-state index is 12.3. The summed E-state index contributed by atoms with van der Waals surface area (Å²) in [5.74, 6) is 0.119. The van der Waals surface area contributed by atoms with Crippen molar-refractivity contribution in [1.82, 2.24) is 10.2 Å². The van der Waals surface area contributed by atoms with Crippen LogP contribution in [-0.4, -0.2) is 27.6 Å². The van der Waals surface area contributed by atoms with E-state index in [1.165, 1.54) is 6.08 Å². The van der Waals surface area contributed by atoms with E-state index in [4.69, 9.17) is 16.0 Å². The van der Waals surface area contributed by atoms with Crippen molar-refractivity contribution in [2.45, 2.75) is 5.22 Å². The first-order valence-corrected chi connectivity index (χ1v) is 11.3. The lowest BCUT2D eigenvalue weighted by Gasteiger charge is -2.04. The van der Waals surface area contributed by atoms with Crippen LogP contribution in [0.4, 0.5) is 5.69 Å². The highest BCUT2D eigenvalue weighted by Gasteiger charge is 2.12. The first-order chi connectivity index (χ1) is 16.1. The van der Waals surface area contributed by atoms with Crippen molar-refractivity contribution >= 4 is 46.8 Å². The molecule has 0 fully saturated rings. The zero-order valence-corrected chi connectivity index (χ0v) is 18.8. The number of nitrogens with zero attached hydrogens (tertiary/aromatic N) is 2. The molecule has 4 aromatic rings. The zero-order valence-electron chi connectivity index (χ0n) is 17.3. The molecule has 0 aliphatic heterocycles. The molecule has 8 heteroatoms. The topological polar surface area (TPSA) is 85.1 Å². The van der Waals surface area contributed by atoms with E-state index in [1.54, 1.807) is 54.6 Å². The molecule has 0 saturated heterocycles. The normalized spacial score (nSPS) is 10.9. The number of halogens is 1. The second-order valence-electron chi connectivity index (χ2n) is 6.90. The smallest absolute Gasteiger partial charge is 0.277 e. The Morgan fingerprint density at radius 1 is 0.939 bits per heavy atom. The first-order valence-electron chi connectivity index (χ1n) is 9.96. The van der Waals surface area contributed by atoms with Gasteiger partial charge in [-0.3, -0.25) is 9.59 Å². The van der Waals surface area contributed by atoms with Gasteiger partial charge in [-0.1, -0.05) is 59.8 Å². The summed E-state index contributed by atoms with van der Waals surface area (Å²) < 4.78 is 5.58. The number of hydrogen-bond donors (Lipinski definition) is 1. The molecule has 1 amide bonds. The van der Waals surface area contributed by atoms with Crippen LogP contribution in [-0.2, 0) is 4.79 Å². The van der Waals surface area contributed by atoms with E-state index in [9.17, 15) is 9.59 Å². The van der Waals surface area contributed by atoms with Gasteiger partial charge in [0, 0.05) is 21.8 Å². The third-order valence-corrected chi connectivity index (χ3v) is 5.57. The number of ketones is 1. The minimum Gasteiger partial charge on any atom is -0.411 e. The monoisotopic (exact) mass is 475 g/mol. The van der Waals surface area contributed by atoms with Gasteiger partial charge >= 0.3 is 0 Å². The second-order valence-corrected chi connectivity index (χ2v) is 8.27. The molecular weight excluding hydrogens is 458 g/mol. The number of benzene rings is 3. The molecule has 33 heavy (non-hydrogen) atoms. The number of thioether (sulfide) groups is 1. The number of anilines is 1. The Balaban J connectivity index is 1.28. The summed E-state index contributed by atoms with van der Waals surface area (Å²) in [6.45, 7) is 0. The number of rotatable bonds is 8. The van der Waals surface area contributed by atoms with E-state index < -0.39 is 0 Å². The van der Waals surface area contributed by atoms with Gasteiger partial charge in [0.05, 0.1) is 5.75 Å². The predicted octanol–water partition coefficient (Wildman–Crippen LogP) is 6.02.